The summed E-state index contributed by atoms with van der Waals surface area (Å²) in [7, 11) is 0. The van der Waals surface area contributed by atoms with Gasteiger partial charge in [0.2, 0.25) is 0 Å². The Morgan fingerprint density at radius 3 is 2.36 bits per heavy atom. The average Bonchev–Trinajstić information content (AvgIpc) is 2.96. The lowest BCUT2D eigenvalue weighted by molar-refractivity contribution is 0.452. The number of aromatic nitrogens is 3. The van der Waals surface area contributed by atoms with E-state index in [4.69, 9.17) is 0 Å². The van der Waals surface area contributed by atoms with Crippen molar-refractivity contribution in [2.75, 3.05) is 0 Å². The minimum absolute atomic E-state index is 0.284. The third-order valence-electron chi connectivity index (χ3n) is 4.07. The number of benzene rings is 2. The van der Waals surface area contributed by atoms with Crippen molar-refractivity contribution >= 4 is 11.0 Å². The number of phenols is 1. The minimum Gasteiger partial charge on any atom is -0.505 e. The van der Waals surface area contributed by atoms with Crippen LogP contribution in [-0.2, 0) is 0 Å². The summed E-state index contributed by atoms with van der Waals surface area (Å²) in [4.78, 5) is 1.52. The summed E-state index contributed by atoms with van der Waals surface area (Å²) in [6.07, 6.45) is 3.40. The molecule has 4 heteroatoms. The van der Waals surface area contributed by atoms with E-state index in [1.54, 1.807) is 0 Å². The number of aromatic hydroxyl groups is 1. The van der Waals surface area contributed by atoms with Crippen molar-refractivity contribution in [3.63, 3.8) is 0 Å². The first kappa shape index (κ1) is 14.6. The number of rotatable bonds is 5. The molecule has 114 valence electrons. The zero-order chi connectivity index (χ0) is 15.5. The van der Waals surface area contributed by atoms with Crippen LogP contribution in [0, 0.1) is 0 Å². The highest BCUT2D eigenvalue weighted by atomic mass is 16.3. The Labute approximate surface area is 130 Å². The van der Waals surface area contributed by atoms with E-state index in [-0.39, 0.29) is 5.75 Å². The number of unbranched alkanes of at least 4 members (excludes halogenated alkanes) is 1. The topological polar surface area (TPSA) is 50.9 Å². The molecule has 0 saturated heterocycles. The second-order valence-electron chi connectivity index (χ2n) is 5.74. The van der Waals surface area contributed by atoms with Crippen LogP contribution in [0.15, 0.2) is 42.5 Å². The van der Waals surface area contributed by atoms with Gasteiger partial charge in [-0.15, -0.1) is 15.0 Å². The minimum atomic E-state index is 0.284. The van der Waals surface area contributed by atoms with Crippen LogP contribution in [0.5, 0.6) is 5.75 Å². The van der Waals surface area contributed by atoms with E-state index in [9.17, 15) is 5.11 Å². The lowest BCUT2D eigenvalue weighted by atomic mass is 9.94. The second-order valence-corrected chi connectivity index (χ2v) is 5.74. The smallest absolute Gasteiger partial charge is 0.146 e. The summed E-state index contributed by atoms with van der Waals surface area (Å²) in [5.41, 5.74) is 3.25. The van der Waals surface area contributed by atoms with E-state index >= 15 is 0 Å². The molecule has 1 heterocycles. The van der Waals surface area contributed by atoms with Gasteiger partial charge in [0.05, 0.1) is 0 Å². The second kappa shape index (κ2) is 6.18. The van der Waals surface area contributed by atoms with Crippen molar-refractivity contribution in [2.24, 2.45) is 0 Å². The molecule has 1 N–H and O–H groups in total. The first-order chi connectivity index (χ1) is 10.7. The van der Waals surface area contributed by atoms with Gasteiger partial charge in [0.1, 0.15) is 22.5 Å². The van der Waals surface area contributed by atoms with Crippen molar-refractivity contribution in [3.8, 4) is 11.4 Å². The Bertz CT molecular complexity index is 746. The first-order valence-electron chi connectivity index (χ1n) is 7.85. The third kappa shape index (κ3) is 2.69. The molecule has 0 spiro atoms. The van der Waals surface area contributed by atoms with Crippen LogP contribution in [0.3, 0.4) is 0 Å². The number of nitrogens with zero attached hydrogens (tertiary/aromatic N) is 3. The molecule has 0 aliphatic heterocycles. The van der Waals surface area contributed by atoms with Crippen LogP contribution in [0.25, 0.3) is 16.7 Å². The predicted octanol–water partition coefficient (Wildman–Crippen LogP) is 4.42. The summed E-state index contributed by atoms with van der Waals surface area (Å²) in [6.45, 7) is 4.34. The lowest BCUT2D eigenvalue weighted by Crippen LogP contribution is -2.02. The van der Waals surface area contributed by atoms with Gasteiger partial charge in [-0.05, 0) is 36.1 Å². The highest BCUT2D eigenvalue weighted by Gasteiger charge is 2.15. The fraction of sp³-hybridized carbons (Fsp3) is 0.333. The van der Waals surface area contributed by atoms with E-state index in [2.05, 4.69) is 24.0 Å². The van der Waals surface area contributed by atoms with E-state index < -0.39 is 0 Å². The molecular weight excluding hydrogens is 274 g/mol. The standard InChI is InChI=1S/C18H21N3O/c1-3-4-8-13(2)14-9-7-12-17(18(14)22)21-19-15-10-5-6-11-16(15)20-21/h5-7,9-13,22H,3-4,8H2,1-2H3. The number of phenolic OH excluding ortho intramolecular Hbond substituents is 1. The van der Waals surface area contributed by atoms with Gasteiger partial charge in [-0.1, -0.05) is 51.0 Å². The molecule has 0 amide bonds. The molecule has 0 fully saturated rings. The molecule has 0 aliphatic carbocycles. The van der Waals surface area contributed by atoms with Gasteiger partial charge < -0.3 is 5.11 Å². The molecule has 0 aliphatic rings. The zero-order valence-electron chi connectivity index (χ0n) is 13.0. The largest absolute Gasteiger partial charge is 0.505 e. The summed E-state index contributed by atoms with van der Waals surface area (Å²) in [5.74, 6) is 0.608. The summed E-state index contributed by atoms with van der Waals surface area (Å²) >= 11 is 0. The average molecular weight is 295 g/mol. The molecule has 2 aromatic carbocycles. The molecule has 1 unspecified atom stereocenters. The van der Waals surface area contributed by atoms with Crippen LogP contribution in [-0.4, -0.2) is 20.1 Å². The molecule has 0 bridgehead atoms. The molecule has 0 saturated carbocycles. The Morgan fingerprint density at radius 2 is 1.73 bits per heavy atom. The van der Waals surface area contributed by atoms with Crippen LogP contribution in [0.1, 0.15) is 44.6 Å². The number of para-hydroxylation sites is 1. The molecule has 3 aromatic rings. The van der Waals surface area contributed by atoms with Crippen molar-refractivity contribution in [1.82, 2.24) is 15.0 Å². The first-order valence-corrected chi connectivity index (χ1v) is 7.85. The molecule has 1 aromatic heterocycles. The van der Waals surface area contributed by atoms with Gasteiger partial charge in [-0.2, -0.15) is 0 Å². The van der Waals surface area contributed by atoms with Gasteiger partial charge in [0.15, 0.2) is 0 Å². The van der Waals surface area contributed by atoms with Crippen LogP contribution in [0.4, 0.5) is 0 Å². The van der Waals surface area contributed by atoms with Gasteiger partial charge in [-0.25, -0.2) is 0 Å². The number of hydrogen-bond acceptors (Lipinski definition) is 3. The highest BCUT2D eigenvalue weighted by molar-refractivity contribution is 5.73. The third-order valence-corrected chi connectivity index (χ3v) is 4.07. The van der Waals surface area contributed by atoms with Gasteiger partial charge >= 0.3 is 0 Å². The summed E-state index contributed by atoms with van der Waals surface area (Å²) < 4.78 is 0. The fourth-order valence-corrected chi connectivity index (χ4v) is 2.74. The van der Waals surface area contributed by atoms with E-state index in [1.165, 1.54) is 4.80 Å². The van der Waals surface area contributed by atoms with Crippen LogP contribution in [0.2, 0.25) is 0 Å². The maximum atomic E-state index is 10.6. The maximum absolute atomic E-state index is 10.6. The molecule has 0 radical (unpaired) electrons. The SMILES string of the molecule is CCCCC(C)c1cccc(-n2nc3ccccc3n2)c1O. The van der Waals surface area contributed by atoms with E-state index in [1.807, 2.05) is 42.5 Å². The Kier molecular flexibility index (Phi) is 4.09. The normalized spacial score (nSPS) is 12.6. The predicted molar refractivity (Wildman–Crippen MR) is 88.5 cm³/mol. The molecular formula is C18H21N3O. The van der Waals surface area contributed by atoms with Crippen LogP contribution < -0.4 is 0 Å². The Morgan fingerprint density at radius 1 is 1.05 bits per heavy atom. The van der Waals surface area contributed by atoms with Crippen molar-refractivity contribution < 1.29 is 5.11 Å². The van der Waals surface area contributed by atoms with Crippen molar-refractivity contribution in [2.45, 2.75) is 39.0 Å². The molecule has 3 rings (SSSR count). The van der Waals surface area contributed by atoms with Gasteiger partial charge in [-0.3, -0.25) is 0 Å². The Balaban J connectivity index is 2.00. The maximum Gasteiger partial charge on any atom is 0.146 e. The van der Waals surface area contributed by atoms with E-state index in [0.29, 0.717) is 11.6 Å². The number of hydrogen-bond donors (Lipinski definition) is 1. The molecule has 1 atom stereocenters. The van der Waals surface area contributed by atoms with Crippen molar-refractivity contribution in [1.29, 1.82) is 0 Å². The quantitative estimate of drug-likeness (QED) is 0.758. The monoisotopic (exact) mass is 295 g/mol. The lowest BCUT2D eigenvalue weighted by Gasteiger charge is -2.15. The summed E-state index contributed by atoms with van der Waals surface area (Å²) in [6, 6.07) is 13.5. The Hall–Kier alpha value is -2.36. The molecule has 22 heavy (non-hydrogen) atoms. The fourth-order valence-electron chi connectivity index (χ4n) is 2.74. The molecule has 4 nitrogen and oxygen atoms in total. The highest BCUT2D eigenvalue weighted by Crippen LogP contribution is 2.33. The zero-order valence-corrected chi connectivity index (χ0v) is 13.0. The van der Waals surface area contributed by atoms with Gasteiger partial charge in [0, 0.05) is 0 Å². The van der Waals surface area contributed by atoms with E-state index in [0.717, 1.165) is 35.9 Å². The number of fused-ring (bicyclic) bond motifs is 1. The summed E-state index contributed by atoms with van der Waals surface area (Å²) in [5, 5.41) is 19.5. The van der Waals surface area contributed by atoms with Crippen molar-refractivity contribution in [3.05, 3.63) is 48.0 Å². The van der Waals surface area contributed by atoms with Gasteiger partial charge in [0.25, 0.3) is 0 Å². The van der Waals surface area contributed by atoms with Crippen LogP contribution >= 0.6 is 0 Å².